The summed E-state index contributed by atoms with van der Waals surface area (Å²) >= 11 is 7.48. The van der Waals surface area contributed by atoms with Crippen molar-refractivity contribution < 1.29 is 9.90 Å². The Balaban J connectivity index is 2.23. The lowest BCUT2D eigenvalue weighted by Crippen LogP contribution is -2.30. The third-order valence-electron chi connectivity index (χ3n) is 2.78. The smallest absolute Gasteiger partial charge is 0.257 e. The lowest BCUT2D eigenvalue weighted by atomic mass is 10.1. The van der Waals surface area contributed by atoms with Crippen LogP contribution in [-0.2, 0) is 6.54 Å². The summed E-state index contributed by atoms with van der Waals surface area (Å²) < 4.78 is 0. The zero-order valence-electron chi connectivity index (χ0n) is 10.5. The molecule has 0 atom stereocenters. The van der Waals surface area contributed by atoms with E-state index in [1.165, 1.54) is 12.1 Å². The van der Waals surface area contributed by atoms with E-state index in [2.05, 4.69) is 0 Å². The molecule has 100 valence electrons. The molecule has 19 heavy (non-hydrogen) atoms. The maximum absolute atomic E-state index is 12.4. The molecule has 0 saturated heterocycles. The van der Waals surface area contributed by atoms with E-state index in [1.807, 2.05) is 24.4 Å². The number of nitrogens with zero attached hydrogens (tertiary/aromatic N) is 1. The van der Waals surface area contributed by atoms with Crippen molar-refractivity contribution >= 4 is 28.8 Å². The number of carbonyl (C=O) groups is 1. The summed E-state index contributed by atoms with van der Waals surface area (Å²) in [5, 5.41) is 12.2. The molecule has 1 aromatic carbocycles. The number of phenolic OH excluding ortho intramolecular Hbond substituents is 1. The molecule has 1 aromatic heterocycles. The summed E-state index contributed by atoms with van der Waals surface area (Å²) in [4.78, 5) is 15.2. The number of halogens is 1. The van der Waals surface area contributed by atoms with E-state index in [0.717, 1.165) is 4.88 Å². The number of rotatable bonds is 4. The molecule has 1 amide bonds. The number of carbonyl (C=O) groups excluding carboxylic acids is 1. The summed E-state index contributed by atoms with van der Waals surface area (Å²) in [6.07, 6.45) is 0. The topological polar surface area (TPSA) is 40.5 Å². The Labute approximate surface area is 121 Å². The Morgan fingerprint density at radius 2 is 2.21 bits per heavy atom. The van der Waals surface area contributed by atoms with Gasteiger partial charge in [-0.05, 0) is 36.6 Å². The first kappa shape index (κ1) is 13.9. The minimum Gasteiger partial charge on any atom is -0.507 e. The van der Waals surface area contributed by atoms with Crippen LogP contribution in [0.3, 0.4) is 0 Å². The SMILES string of the molecule is CCN(Cc1cccs1)C(=O)c1cc(Cl)ccc1O. The summed E-state index contributed by atoms with van der Waals surface area (Å²) in [7, 11) is 0. The number of phenols is 1. The highest BCUT2D eigenvalue weighted by atomic mass is 35.5. The molecule has 2 rings (SSSR count). The van der Waals surface area contributed by atoms with Crippen molar-refractivity contribution in [1.82, 2.24) is 4.90 Å². The molecule has 5 heteroatoms. The molecule has 0 bridgehead atoms. The lowest BCUT2D eigenvalue weighted by Gasteiger charge is -2.20. The number of benzene rings is 1. The molecule has 3 nitrogen and oxygen atoms in total. The van der Waals surface area contributed by atoms with Gasteiger partial charge in [-0.3, -0.25) is 4.79 Å². The Morgan fingerprint density at radius 1 is 1.42 bits per heavy atom. The second kappa shape index (κ2) is 6.08. The van der Waals surface area contributed by atoms with Gasteiger partial charge in [0.15, 0.2) is 0 Å². The monoisotopic (exact) mass is 295 g/mol. The van der Waals surface area contributed by atoms with Gasteiger partial charge in [-0.25, -0.2) is 0 Å². The zero-order valence-corrected chi connectivity index (χ0v) is 12.0. The van der Waals surface area contributed by atoms with E-state index in [9.17, 15) is 9.90 Å². The maximum atomic E-state index is 12.4. The second-order valence-corrected chi connectivity index (χ2v) is 5.53. The number of amides is 1. The van der Waals surface area contributed by atoms with Crippen molar-refractivity contribution in [1.29, 1.82) is 0 Å². The van der Waals surface area contributed by atoms with Crippen molar-refractivity contribution in [3.63, 3.8) is 0 Å². The average Bonchev–Trinajstić information content (AvgIpc) is 2.91. The number of thiophene rings is 1. The van der Waals surface area contributed by atoms with Crippen LogP contribution < -0.4 is 0 Å². The molecule has 0 aliphatic heterocycles. The van der Waals surface area contributed by atoms with Gasteiger partial charge >= 0.3 is 0 Å². The van der Waals surface area contributed by atoms with Crippen LogP contribution in [-0.4, -0.2) is 22.5 Å². The van der Waals surface area contributed by atoms with Crippen molar-refractivity contribution in [3.05, 3.63) is 51.2 Å². The van der Waals surface area contributed by atoms with Crippen LogP contribution in [0.25, 0.3) is 0 Å². The molecule has 0 aliphatic rings. The molecular formula is C14H14ClNO2S. The fraction of sp³-hybridized carbons (Fsp3) is 0.214. The van der Waals surface area contributed by atoms with Gasteiger partial charge in [0.2, 0.25) is 0 Å². The number of hydrogen-bond acceptors (Lipinski definition) is 3. The van der Waals surface area contributed by atoms with Crippen LogP contribution in [0.5, 0.6) is 5.75 Å². The van der Waals surface area contributed by atoms with Gasteiger partial charge in [-0.2, -0.15) is 0 Å². The Hall–Kier alpha value is -1.52. The highest BCUT2D eigenvalue weighted by Crippen LogP contribution is 2.24. The van der Waals surface area contributed by atoms with Crippen LogP contribution in [0.1, 0.15) is 22.2 Å². The van der Waals surface area contributed by atoms with E-state index >= 15 is 0 Å². The predicted octanol–water partition coefficient (Wildman–Crippen LogP) is 3.77. The quantitative estimate of drug-likeness (QED) is 0.933. The standard InChI is InChI=1S/C14H14ClNO2S/c1-2-16(9-11-4-3-7-19-11)14(18)12-8-10(15)5-6-13(12)17/h3-8,17H,2,9H2,1H3. The van der Waals surface area contributed by atoms with Crippen molar-refractivity contribution in [2.24, 2.45) is 0 Å². The molecular weight excluding hydrogens is 282 g/mol. The van der Waals surface area contributed by atoms with Crippen molar-refractivity contribution in [2.75, 3.05) is 6.54 Å². The van der Waals surface area contributed by atoms with Gasteiger partial charge in [0.05, 0.1) is 12.1 Å². The van der Waals surface area contributed by atoms with E-state index in [4.69, 9.17) is 11.6 Å². The largest absolute Gasteiger partial charge is 0.507 e. The van der Waals surface area contributed by atoms with Crippen LogP contribution in [0.4, 0.5) is 0 Å². The zero-order chi connectivity index (χ0) is 13.8. The second-order valence-electron chi connectivity index (χ2n) is 4.06. The fourth-order valence-corrected chi connectivity index (χ4v) is 2.66. The molecule has 1 N–H and O–H groups in total. The van der Waals surface area contributed by atoms with Gasteiger partial charge in [0.1, 0.15) is 5.75 Å². The van der Waals surface area contributed by atoms with Crippen molar-refractivity contribution in [2.45, 2.75) is 13.5 Å². The summed E-state index contributed by atoms with van der Waals surface area (Å²) in [5.74, 6) is -0.255. The highest BCUT2D eigenvalue weighted by molar-refractivity contribution is 7.09. The third-order valence-corrected chi connectivity index (χ3v) is 3.88. The first-order valence-electron chi connectivity index (χ1n) is 5.92. The van der Waals surface area contributed by atoms with Gasteiger partial charge < -0.3 is 10.0 Å². The van der Waals surface area contributed by atoms with E-state index in [1.54, 1.807) is 22.3 Å². The number of aromatic hydroxyl groups is 1. The number of hydrogen-bond donors (Lipinski definition) is 1. The highest BCUT2D eigenvalue weighted by Gasteiger charge is 2.18. The lowest BCUT2D eigenvalue weighted by molar-refractivity contribution is 0.0751. The minimum absolute atomic E-state index is 0.0426. The van der Waals surface area contributed by atoms with Crippen LogP contribution in [0, 0.1) is 0 Å². The molecule has 0 radical (unpaired) electrons. The molecule has 2 aromatic rings. The van der Waals surface area contributed by atoms with E-state index < -0.39 is 0 Å². The van der Waals surface area contributed by atoms with Gasteiger partial charge in [0, 0.05) is 16.4 Å². The first-order valence-corrected chi connectivity index (χ1v) is 7.17. The fourth-order valence-electron chi connectivity index (χ4n) is 1.77. The average molecular weight is 296 g/mol. The molecule has 0 fully saturated rings. The molecule has 0 spiro atoms. The molecule has 0 aliphatic carbocycles. The Kier molecular flexibility index (Phi) is 4.45. The van der Waals surface area contributed by atoms with E-state index in [0.29, 0.717) is 18.1 Å². The normalized spacial score (nSPS) is 10.4. The molecule has 0 saturated carbocycles. The maximum Gasteiger partial charge on any atom is 0.257 e. The Bertz CT molecular complexity index is 569. The first-order chi connectivity index (χ1) is 9.11. The third kappa shape index (κ3) is 3.28. The summed E-state index contributed by atoms with van der Waals surface area (Å²) in [6, 6.07) is 8.43. The molecule has 1 heterocycles. The van der Waals surface area contributed by atoms with Crippen molar-refractivity contribution in [3.8, 4) is 5.75 Å². The van der Waals surface area contributed by atoms with Crippen LogP contribution in [0.2, 0.25) is 5.02 Å². The van der Waals surface area contributed by atoms with E-state index in [-0.39, 0.29) is 17.2 Å². The minimum atomic E-state index is -0.212. The summed E-state index contributed by atoms with van der Waals surface area (Å²) in [6.45, 7) is 3.02. The van der Waals surface area contributed by atoms with Gasteiger partial charge in [0.25, 0.3) is 5.91 Å². The molecule has 0 unspecified atom stereocenters. The van der Waals surface area contributed by atoms with Crippen LogP contribution in [0.15, 0.2) is 35.7 Å². The Morgan fingerprint density at radius 3 is 2.84 bits per heavy atom. The predicted molar refractivity (Wildman–Crippen MR) is 77.9 cm³/mol. The van der Waals surface area contributed by atoms with Gasteiger partial charge in [-0.1, -0.05) is 17.7 Å². The van der Waals surface area contributed by atoms with Gasteiger partial charge in [-0.15, -0.1) is 11.3 Å². The van der Waals surface area contributed by atoms with Crippen LogP contribution >= 0.6 is 22.9 Å². The summed E-state index contributed by atoms with van der Waals surface area (Å²) in [5.41, 5.74) is 0.242.